The minimum absolute atomic E-state index is 0.0926. The fraction of sp³-hybridized carbons (Fsp3) is 0.429. The zero-order valence-electron chi connectivity index (χ0n) is 10.4. The maximum absolute atomic E-state index is 4.75. The van der Waals surface area contributed by atoms with Crippen molar-refractivity contribution < 1.29 is 0 Å². The molecule has 0 radical (unpaired) electrons. The highest BCUT2D eigenvalue weighted by Gasteiger charge is 2.19. The summed E-state index contributed by atoms with van der Waals surface area (Å²) in [6.07, 6.45) is 2.83. The van der Waals surface area contributed by atoms with Crippen molar-refractivity contribution in [3.8, 4) is 0 Å². The molecule has 0 bridgehead atoms. The van der Waals surface area contributed by atoms with Crippen LogP contribution in [0.15, 0.2) is 24.4 Å². The van der Waals surface area contributed by atoms with Gasteiger partial charge in [0.2, 0.25) is 0 Å². The van der Waals surface area contributed by atoms with E-state index in [1.165, 1.54) is 11.3 Å². The van der Waals surface area contributed by atoms with E-state index in [0.717, 1.165) is 17.5 Å². The minimum atomic E-state index is 0.0926. The van der Waals surface area contributed by atoms with Crippen LogP contribution >= 0.6 is 0 Å². The molecule has 2 aromatic rings. The van der Waals surface area contributed by atoms with E-state index >= 15 is 0 Å². The summed E-state index contributed by atoms with van der Waals surface area (Å²) in [7, 11) is 0. The average molecular weight is 214 g/mol. The monoisotopic (exact) mass is 214 g/mol. The quantitative estimate of drug-likeness (QED) is 0.726. The molecule has 0 fully saturated rings. The third-order valence-electron chi connectivity index (χ3n) is 2.75. The smallest absolute Gasteiger partial charge is 0.0890 e. The molecular weight excluding hydrogens is 196 g/mol. The first-order valence-corrected chi connectivity index (χ1v) is 5.77. The molecule has 84 valence electrons. The van der Waals surface area contributed by atoms with Crippen LogP contribution in [-0.2, 0) is 11.8 Å². The Balaban J connectivity index is 2.73. The molecule has 16 heavy (non-hydrogen) atoms. The Labute approximate surface area is 96.7 Å². The lowest BCUT2D eigenvalue weighted by Crippen LogP contribution is -2.16. The molecular formula is C14H18N2. The highest BCUT2D eigenvalue weighted by Crippen LogP contribution is 2.26. The second-order valence-corrected chi connectivity index (χ2v) is 5.14. The van der Waals surface area contributed by atoms with E-state index in [1.807, 2.05) is 18.3 Å². The first-order chi connectivity index (χ1) is 7.52. The van der Waals surface area contributed by atoms with Crippen molar-refractivity contribution in [3.63, 3.8) is 0 Å². The van der Waals surface area contributed by atoms with Gasteiger partial charge < -0.3 is 0 Å². The van der Waals surface area contributed by atoms with Crippen LogP contribution in [0.25, 0.3) is 11.0 Å². The number of nitrogens with zero attached hydrogens (tertiary/aromatic N) is 2. The van der Waals surface area contributed by atoms with Crippen LogP contribution in [0.2, 0.25) is 0 Å². The highest BCUT2D eigenvalue weighted by molar-refractivity contribution is 5.75. The van der Waals surface area contributed by atoms with Gasteiger partial charge in [0.1, 0.15) is 0 Å². The average Bonchev–Trinajstić information content (AvgIpc) is 2.26. The summed E-state index contributed by atoms with van der Waals surface area (Å²) < 4.78 is 0. The van der Waals surface area contributed by atoms with Crippen molar-refractivity contribution in [1.29, 1.82) is 0 Å². The van der Waals surface area contributed by atoms with Crippen LogP contribution < -0.4 is 0 Å². The summed E-state index contributed by atoms with van der Waals surface area (Å²) in [4.78, 5) is 9.11. The highest BCUT2D eigenvalue weighted by atomic mass is 14.8. The molecule has 0 aliphatic carbocycles. The number of hydrogen-bond acceptors (Lipinski definition) is 2. The van der Waals surface area contributed by atoms with E-state index in [0.29, 0.717) is 0 Å². The van der Waals surface area contributed by atoms with Crippen molar-refractivity contribution in [2.45, 2.75) is 39.5 Å². The second-order valence-electron chi connectivity index (χ2n) is 5.14. The van der Waals surface area contributed by atoms with Gasteiger partial charge in [0.05, 0.1) is 11.0 Å². The molecule has 0 N–H and O–H groups in total. The molecule has 0 saturated carbocycles. The molecule has 0 aliphatic heterocycles. The van der Waals surface area contributed by atoms with Gasteiger partial charge in [-0.3, -0.25) is 9.97 Å². The van der Waals surface area contributed by atoms with Crippen LogP contribution in [-0.4, -0.2) is 9.97 Å². The largest absolute Gasteiger partial charge is 0.255 e. The number of fused-ring (bicyclic) bond motifs is 1. The zero-order valence-corrected chi connectivity index (χ0v) is 10.4. The number of aryl methyl sites for hydroxylation is 1. The predicted molar refractivity (Wildman–Crippen MR) is 67.6 cm³/mol. The van der Waals surface area contributed by atoms with E-state index in [-0.39, 0.29) is 5.41 Å². The Hall–Kier alpha value is -1.44. The summed E-state index contributed by atoms with van der Waals surface area (Å²) in [5.41, 5.74) is 4.57. The Bertz CT molecular complexity index is 510. The van der Waals surface area contributed by atoms with E-state index in [9.17, 15) is 0 Å². The SMILES string of the molecule is CCc1cc2ncccc2nc1C(C)(C)C. The van der Waals surface area contributed by atoms with Gasteiger partial charge in [-0.05, 0) is 30.2 Å². The Morgan fingerprint density at radius 3 is 2.56 bits per heavy atom. The Morgan fingerprint density at radius 1 is 1.19 bits per heavy atom. The van der Waals surface area contributed by atoms with Gasteiger partial charge in [-0.25, -0.2) is 0 Å². The van der Waals surface area contributed by atoms with Crippen LogP contribution in [0, 0.1) is 0 Å². The normalized spacial score (nSPS) is 12.0. The molecule has 2 nitrogen and oxygen atoms in total. The van der Waals surface area contributed by atoms with Gasteiger partial charge in [0.25, 0.3) is 0 Å². The molecule has 0 amide bonds. The van der Waals surface area contributed by atoms with Crippen LogP contribution in [0.3, 0.4) is 0 Å². The fourth-order valence-corrected chi connectivity index (χ4v) is 1.96. The van der Waals surface area contributed by atoms with E-state index < -0.39 is 0 Å². The van der Waals surface area contributed by atoms with Crippen molar-refractivity contribution >= 4 is 11.0 Å². The lowest BCUT2D eigenvalue weighted by molar-refractivity contribution is 0.564. The summed E-state index contributed by atoms with van der Waals surface area (Å²) >= 11 is 0. The predicted octanol–water partition coefficient (Wildman–Crippen LogP) is 3.49. The van der Waals surface area contributed by atoms with E-state index in [4.69, 9.17) is 4.98 Å². The molecule has 2 heterocycles. The third kappa shape index (κ3) is 1.92. The summed E-state index contributed by atoms with van der Waals surface area (Å²) in [6, 6.07) is 6.13. The van der Waals surface area contributed by atoms with Crippen LogP contribution in [0.4, 0.5) is 0 Å². The number of aromatic nitrogens is 2. The molecule has 0 aliphatic rings. The van der Waals surface area contributed by atoms with E-state index in [2.05, 4.69) is 38.7 Å². The lowest BCUT2D eigenvalue weighted by atomic mass is 9.87. The maximum Gasteiger partial charge on any atom is 0.0890 e. The standard InChI is InChI=1S/C14H18N2/c1-5-10-9-12-11(7-6-8-15-12)16-13(10)14(2,3)4/h6-9H,5H2,1-4H3. The molecule has 0 aromatic carbocycles. The fourth-order valence-electron chi connectivity index (χ4n) is 1.96. The number of hydrogen-bond donors (Lipinski definition) is 0. The molecule has 2 aromatic heterocycles. The molecule has 0 spiro atoms. The van der Waals surface area contributed by atoms with Crippen molar-refractivity contribution in [2.24, 2.45) is 0 Å². The molecule has 2 heteroatoms. The summed E-state index contributed by atoms with van der Waals surface area (Å²) in [5.74, 6) is 0. The van der Waals surface area contributed by atoms with Crippen molar-refractivity contribution in [2.75, 3.05) is 0 Å². The van der Waals surface area contributed by atoms with Gasteiger partial charge in [0.15, 0.2) is 0 Å². The molecule has 0 saturated heterocycles. The number of pyridine rings is 2. The first-order valence-electron chi connectivity index (χ1n) is 5.77. The van der Waals surface area contributed by atoms with Crippen molar-refractivity contribution in [3.05, 3.63) is 35.7 Å². The first kappa shape index (κ1) is 11.1. The third-order valence-corrected chi connectivity index (χ3v) is 2.75. The van der Waals surface area contributed by atoms with Gasteiger partial charge >= 0.3 is 0 Å². The second kappa shape index (κ2) is 3.85. The maximum atomic E-state index is 4.75. The Kier molecular flexibility index (Phi) is 2.66. The van der Waals surface area contributed by atoms with Crippen molar-refractivity contribution in [1.82, 2.24) is 9.97 Å². The zero-order chi connectivity index (χ0) is 11.8. The van der Waals surface area contributed by atoms with Crippen LogP contribution in [0.1, 0.15) is 39.0 Å². The van der Waals surface area contributed by atoms with Crippen LogP contribution in [0.5, 0.6) is 0 Å². The Morgan fingerprint density at radius 2 is 1.94 bits per heavy atom. The summed E-state index contributed by atoms with van der Waals surface area (Å²) in [5, 5.41) is 0. The molecule has 0 unspecified atom stereocenters. The van der Waals surface area contributed by atoms with Gasteiger partial charge in [-0.2, -0.15) is 0 Å². The molecule has 2 rings (SSSR count). The van der Waals surface area contributed by atoms with Gasteiger partial charge in [0, 0.05) is 17.3 Å². The van der Waals surface area contributed by atoms with Gasteiger partial charge in [-0.1, -0.05) is 27.7 Å². The summed E-state index contributed by atoms with van der Waals surface area (Å²) in [6.45, 7) is 8.78. The number of rotatable bonds is 1. The topological polar surface area (TPSA) is 25.8 Å². The molecule has 0 atom stereocenters. The van der Waals surface area contributed by atoms with E-state index in [1.54, 1.807) is 0 Å². The lowest BCUT2D eigenvalue weighted by Gasteiger charge is -2.21. The van der Waals surface area contributed by atoms with Gasteiger partial charge in [-0.15, -0.1) is 0 Å². The minimum Gasteiger partial charge on any atom is -0.255 e.